The van der Waals surface area contributed by atoms with E-state index in [0.717, 1.165) is 19.0 Å². The molecule has 0 aliphatic carbocycles. The molecule has 0 bridgehead atoms. The van der Waals surface area contributed by atoms with Crippen molar-refractivity contribution in [2.24, 2.45) is 0 Å². The molecule has 0 aliphatic heterocycles. The standard InChI is InChI=1S/C15H11I2NO5/c1-22-14-3-2-10(8-13(14)18(20)21)23-15-11(16)6-9(4-5-19)7-12(15)17/h2-3,5-8H,4H2,1H3. The first-order valence-electron chi connectivity index (χ1n) is 6.38. The number of hydrogen-bond acceptors (Lipinski definition) is 5. The Hall–Kier alpha value is -1.43. The van der Waals surface area contributed by atoms with Gasteiger partial charge in [0.2, 0.25) is 0 Å². The van der Waals surface area contributed by atoms with Crippen molar-refractivity contribution in [1.29, 1.82) is 0 Å². The van der Waals surface area contributed by atoms with Gasteiger partial charge >= 0.3 is 5.69 Å². The number of halogens is 2. The Bertz CT molecular complexity index is 741. The molecule has 23 heavy (non-hydrogen) atoms. The Balaban J connectivity index is 2.38. The van der Waals surface area contributed by atoms with Crippen molar-refractivity contribution in [1.82, 2.24) is 0 Å². The summed E-state index contributed by atoms with van der Waals surface area (Å²) in [5.41, 5.74) is 0.731. The molecule has 0 radical (unpaired) electrons. The Labute approximate surface area is 159 Å². The predicted molar refractivity (Wildman–Crippen MR) is 101 cm³/mol. The van der Waals surface area contributed by atoms with Gasteiger partial charge in [0.05, 0.1) is 25.2 Å². The highest BCUT2D eigenvalue weighted by molar-refractivity contribution is 14.1. The maximum atomic E-state index is 11.1. The van der Waals surface area contributed by atoms with E-state index in [4.69, 9.17) is 9.47 Å². The minimum atomic E-state index is -0.519. The van der Waals surface area contributed by atoms with Gasteiger partial charge in [0.15, 0.2) is 11.5 Å². The number of nitro groups is 1. The SMILES string of the molecule is COc1ccc(Oc2c(I)cc(CC=O)cc2I)cc1[N+](=O)[O-]. The van der Waals surface area contributed by atoms with Gasteiger partial charge in [-0.15, -0.1) is 0 Å². The highest BCUT2D eigenvalue weighted by atomic mass is 127. The van der Waals surface area contributed by atoms with E-state index < -0.39 is 4.92 Å². The van der Waals surface area contributed by atoms with Crippen LogP contribution in [0.2, 0.25) is 0 Å². The van der Waals surface area contributed by atoms with Crippen molar-refractivity contribution in [3.05, 3.63) is 53.1 Å². The predicted octanol–water partition coefficient (Wildman–Crippen LogP) is 4.35. The zero-order valence-corrected chi connectivity index (χ0v) is 16.2. The quantitative estimate of drug-likeness (QED) is 0.236. The smallest absolute Gasteiger partial charge is 0.314 e. The van der Waals surface area contributed by atoms with Crippen LogP contribution in [0, 0.1) is 17.3 Å². The van der Waals surface area contributed by atoms with E-state index in [-0.39, 0.29) is 11.4 Å². The van der Waals surface area contributed by atoms with Crippen LogP contribution in [0.15, 0.2) is 30.3 Å². The van der Waals surface area contributed by atoms with Crippen molar-refractivity contribution in [2.45, 2.75) is 6.42 Å². The van der Waals surface area contributed by atoms with E-state index in [2.05, 4.69) is 45.2 Å². The van der Waals surface area contributed by atoms with Crippen LogP contribution in [0.4, 0.5) is 5.69 Å². The Morgan fingerprint density at radius 1 is 1.22 bits per heavy atom. The molecule has 0 saturated carbocycles. The summed E-state index contributed by atoms with van der Waals surface area (Å²) >= 11 is 4.22. The number of nitro benzene ring substituents is 1. The molecule has 6 nitrogen and oxygen atoms in total. The molecule has 0 aliphatic rings. The third-order valence-corrected chi connectivity index (χ3v) is 4.55. The minimum Gasteiger partial charge on any atom is -0.490 e. The molecular weight excluding hydrogens is 528 g/mol. The van der Waals surface area contributed by atoms with Crippen LogP contribution in [-0.4, -0.2) is 18.3 Å². The van der Waals surface area contributed by atoms with Gasteiger partial charge in [0.25, 0.3) is 0 Å². The van der Waals surface area contributed by atoms with Crippen molar-refractivity contribution in [3.63, 3.8) is 0 Å². The lowest BCUT2D eigenvalue weighted by Gasteiger charge is -2.12. The number of ether oxygens (including phenoxy) is 2. The topological polar surface area (TPSA) is 78.7 Å². The maximum absolute atomic E-state index is 11.1. The molecule has 0 fully saturated rings. The molecule has 2 aromatic rings. The van der Waals surface area contributed by atoms with Crippen molar-refractivity contribution in [2.75, 3.05) is 7.11 Å². The number of carbonyl (C=O) groups is 1. The van der Waals surface area contributed by atoms with Gasteiger partial charge in [0, 0.05) is 6.42 Å². The van der Waals surface area contributed by atoms with Crippen molar-refractivity contribution in [3.8, 4) is 17.2 Å². The van der Waals surface area contributed by atoms with Crippen LogP contribution in [0.5, 0.6) is 17.2 Å². The summed E-state index contributed by atoms with van der Waals surface area (Å²) in [4.78, 5) is 21.2. The summed E-state index contributed by atoms with van der Waals surface area (Å²) in [5.74, 6) is 1.12. The first-order chi connectivity index (χ1) is 11.0. The summed E-state index contributed by atoms with van der Waals surface area (Å²) < 4.78 is 12.4. The number of carbonyl (C=O) groups excluding carboxylic acids is 1. The summed E-state index contributed by atoms with van der Waals surface area (Å²) in [7, 11) is 1.38. The summed E-state index contributed by atoms with van der Waals surface area (Å²) in [6.07, 6.45) is 1.18. The molecular formula is C15H11I2NO5. The maximum Gasteiger partial charge on any atom is 0.314 e. The minimum absolute atomic E-state index is 0.160. The number of nitrogens with zero attached hydrogens (tertiary/aromatic N) is 1. The average Bonchev–Trinajstić information content (AvgIpc) is 2.51. The number of rotatable bonds is 6. The lowest BCUT2D eigenvalue weighted by molar-refractivity contribution is -0.385. The molecule has 0 saturated heterocycles. The molecule has 0 unspecified atom stereocenters. The molecule has 8 heteroatoms. The molecule has 0 aromatic heterocycles. The molecule has 0 N–H and O–H groups in total. The van der Waals surface area contributed by atoms with Crippen molar-refractivity contribution < 1.29 is 19.2 Å². The van der Waals surface area contributed by atoms with Crippen LogP contribution in [0.3, 0.4) is 0 Å². The molecule has 0 atom stereocenters. The fourth-order valence-corrected chi connectivity index (χ4v) is 4.04. The molecule has 0 spiro atoms. The second-order valence-electron chi connectivity index (χ2n) is 4.45. The highest BCUT2D eigenvalue weighted by Gasteiger charge is 2.17. The summed E-state index contributed by atoms with van der Waals surface area (Å²) in [6.45, 7) is 0. The lowest BCUT2D eigenvalue weighted by atomic mass is 10.1. The number of benzene rings is 2. The average molecular weight is 539 g/mol. The van der Waals surface area contributed by atoms with E-state index >= 15 is 0 Å². The molecule has 2 aromatic carbocycles. The third kappa shape index (κ3) is 4.31. The normalized spacial score (nSPS) is 10.2. The first kappa shape index (κ1) is 17.9. The van der Waals surface area contributed by atoms with Gasteiger partial charge < -0.3 is 14.3 Å². The van der Waals surface area contributed by atoms with E-state index in [1.54, 1.807) is 6.07 Å². The molecule has 0 heterocycles. The van der Waals surface area contributed by atoms with Gasteiger partial charge in [-0.1, -0.05) is 0 Å². The van der Waals surface area contributed by atoms with E-state index in [1.165, 1.54) is 19.2 Å². The highest BCUT2D eigenvalue weighted by Crippen LogP contribution is 2.36. The van der Waals surface area contributed by atoms with E-state index in [9.17, 15) is 14.9 Å². The second-order valence-corrected chi connectivity index (χ2v) is 6.78. The van der Waals surface area contributed by atoms with Crippen LogP contribution < -0.4 is 9.47 Å². The Morgan fingerprint density at radius 2 is 1.87 bits per heavy atom. The number of aldehydes is 1. The van der Waals surface area contributed by atoms with E-state index in [0.29, 0.717) is 17.9 Å². The van der Waals surface area contributed by atoms with Gasteiger partial charge in [-0.25, -0.2) is 0 Å². The van der Waals surface area contributed by atoms with E-state index in [1.807, 2.05) is 12.1 Å². The van der Waals surface area contributed by atoms with Crippen LogP contribution in [0.1, 0.15) is 5.56 Å². The van der Waals surface area contributed by atoms with Crippen LogP contribution in [-0.2, 0) is 11.2 Å². The first-order valence-corrected chi connectivity index (χ1v) is 8.54. The van der Waals surface area contributed by atoms with Gasteiger partial charge in [-0.2, -0.15) is 0 Å². The van der Waals surface area contributed by atoms with Crippen LogP contribution >= 0.6 is 45.2 Å². The second kappa shape index (κ2) is 7.90. The lowest BCUT2D eigenvalue weighted by Crippen LogP contribution is -1.97. The zero-order chi connectivity index (χ0) is 17.0. The van der Waals surface area contributed by atoms with Gasteiger partial charge in [0.1, 0.15) is 12.0 Å². The third-order valence-electron chi connectivity index (χ3n) is 2.94. The van der Waals surface area contributed by atoms with Gasteiger partial charge in [-0.3, -0.25) is 10.1 Å². The van der Waals surface area contributed by atoms with Gasteiger partial charge in [-0.05, 0) is 75.0 Å². The zero-order valence-electron chi connectivity index (χ0n) is 11.9. The molecule has 2 rings (SSSR count). The summed E-state index contributed by atoms with van der Waals surface area (Å²) in [6, 6.07) is 8.13. The molecule has 0 amide bonds. The number of hydrogen-bond donors (Lipinski definition) is 0. The number of methoxy groups -OCH3 is 1. The monoisotopic (exact) mass is 539 g/mol. The fraction of sp³-hybridized carbons (Fsp3) is 0.133. The summed E-state index contributed by atoms with van der Waals surface area (Å²) in [5, 5.41) is 11.1. The fourth-order valence-electron chi connectivity index (χ4n) is 1.92. The van der Waals surface area contributed by atoms with Crippen molar-refractivity contribution >= 4 is 57.2 Å². The Morgan fingerprint density at radius 3 is 2.39 bits per heavy atom. The Kier molecular flexibility index (Phi) is 6.16. The van der Waals surface area contributed by atoms with Crippen LogP contribution in [0.25, 0.3) is 0 Å². The largest absolute Gasteiger partial charge is 0.490 e. The molecule has 120 valence electrons.